The Kier molecular flexibility index (Phi) is 10.5. The van der Waals surface area contributed by atoms with Crippen LogP contribution in [0.1, 0.15) is 106 Å². The van der Waals surface area contributed by atoms with E-state index in [0.29, 0.717) is 23.0 Å². The van der Waals surface area contributed by atoms with Crippen LogP contribution in [0, 0.1) is 5.92 Å². The van der Waals surface area contributed by atoms with Gasteiger partial charge in [0.25, 0.3) is 0 Å². The van der Waals surface area contributed by atoms with E-state index >= 15 is 0 Å². The molecule has 0 aromatic heterocycles. The van der Waals surface area contributed by atoms with Crippen molar-refractivity contribution >= 4 is 20.0 Å². The molecule has 3 rings (SSSR count). The van der Waals surface area contributed by atoms with Crippen LogP contribution in [-0.4, -0.2) is 37.0 Å². The molecule has 5 heteroatoms. The Morgan fingerprint density at radius 2 is 1.64 bits per heavy atom. The highest BCUT2D eigenvalue weighted by Crippen LogP contribution is 2.48. The molecule has 0 N–H and O–H groups in total. The molecule has 1 aliphatic heterocycles. The van der Waals surface area contributed by atoms with E-state index in [4.69, 9.17) is 4.74 Å². The molecule has 1 heterocycles. The number of allylic oxidation sites excluding steroid dienone is 2. The van der Waals surface area contributed by atoms with Gasteiger partial charge in [-0.25, -0.2) is 4.79 Å². The third-order valence-corrected chi connectivity index (χ3v) is 17.1. The van der Waals surface area contributed by atoms with Crippen molar-refractivity contribution in [3.8, 4) is 0 Å². The molecule has 1 fully saturated rings. The Balaban J connectivity index is 1.99. The van der Waals surface area contributed by atoms with Gasteiger partial charge in [0.15, 0.2) is 5.78 Å². The molecular weight excluding hydrogens is 498 g/mol. The maximum absolute atomic E-state index is 14.1. The summed E-state index contributed by atoms with van der Waals surface area (Å²) in [7, 11) is -2.24. The molecule has 39 heavy (non-hydrogen) atoms. The van der Waals surface area contributed by atoms with Crippen molar-refractivity contribution in [1.29, 1.82) is 0 Å². The molecule has 1 saturated carbocycles. The van der Waals surface area contributed by atoms with Gasteiger partial charge in [-0.2, -0.15) is 0 Å². The molecular formula is C34H53NO3Si. The van der Waals surface area contributed by atoms with Crippen LogP contribution in [0.25, 0.3) is 0 Å². The quantitative estimate of drug-likeness (QED) is 0.215. The average molecular weight is 552 g/mol. The number of carbonyl (C=O) groups excluding carboxylic acids is 2. The van der Waals surface area contributed by atoms with Gasteiger partial charge in [0.05, 0.1) is 0 Å². The van der Waals surface area contributed by atoms with E-state index in [1.807, 2.05) is 17.2 Å². The maximum atomic E-state index is 14.1. The van der Waals surface area contributed by atoms with Crippen molar-refractivity contribution < 1.29 is 14.3 Å². The molecule has 1 aromatic rings. The minimum absolute atomic E-state index is 0.108. The number of rotatable bonds is 10. The summed E-state index contributed by atoms with van der Waals surface area (Å²) in [6.07, 6.45) is 9.42. The van der Waals surface area contributed by atoms with Gasteiger partial charge in [-0.3, -0.25) is 9.69 Å². The number of hydrogen-bond donors (Lipinski definition) is 0. The van der Waals surface area contributed by atoms with Gasteiger partial charge in [0.2, 0.25) is 0 Å². The van der Waals surface area contributed by atoms with E-state index < -0.39 is 8.07 Å². The lowest BCUT2D eigenvalue weighted by molar-refractivity contribution is -0.116. The second kappa shape index (κ2) is 13.0. The summed E-state index contributed by atoms with van der Waals surface area (Å²) in [5.41, 5.74) is 2.36. The number of nitrogens with zero attached hydrogens (tertiary/aromatic N) is 1. The maximum Gasteiger partial charge on any atom is 0.414 e. The minimum atomic E-state index is -2.24. The molecule has 1 aliphatic carbocycles. The fourth-order valence-corrected chi connectivity index (χ4v) is 14.9. The van der Waals surface area contributed by atoms with Crippen LogP contribution in [0.4, 0.5) is 4.79 Å². The zero-order chi connectivity index (χ0) is 29.0. The van der Waals surface area contributed by atoms with Crippen molar-refractivity contribution in [2.24, 2.45) is 5.92 Å². The molecule has 1 aromatic carbocycles. The second-order valence-corrected chi connectivity index (χ2v) is 19.3. The summed E-state index contributed by atoms with van der Waals surface area (Å²) in [5.74, 6) is 0.478. The molecule has 0 unspecified atom stereocenters. The SMILES string of the molecule is C=CCC[C@H]1CC(=O)C([Si](C(C)C)(C(C)C)C(C)C)=CN1C(=O)O[C@H]1CCCC[C@@H]1C(C)(C)c1ccccc1. The van der Waals surface area contributed by atoms with Crippen molar-refractivity contribution in [3.05, 3.63) is 59.9 Å². The number of amides is 1. The molecule has 0 spiro atoms. The van der Waals surface area contributed by atoms with Crippen LogP contribution >= 0.6 is 0 Å². The fraction of sp³-hybridized carbons (Fsp3) is 0.647. The van der Waals surface area contributed by atoms with Crippen LogP contribution in [0.5, 0.6) is 0 Å². The number of ether oxygens (including phenoxy) is 1. The van der Waals surface area contributed by atoms with E-state index in [9.17, 15) is 9.59 Å². The smallest absolute Gasteiger partial charge is 0.414 e. The van der Waals surface area contributed by atoms with Gasteiger partial charge < -0.3 is 4.74 Å². The zero-order valence-electron chi connectivity index (χ0n) is 25.8. The summed E-state index contributed by atoms with van der Waals surface area (Å²) < 4.78 is 6.46. The van der Waals surface area contributed by atoms with Crippen molar-refractivity contribution in [2.45, 2.75) is 135 Å². The Morgan fingerprint density at radius 3 is 2.21 bits per heavy atom. The normalized spacial score (nSPS) is 22.8. The van der Waals surface area contributed by atoms with E-state index in [2.05, 4.69) is 92.3 Å². The largest absolute Gasteiger partial charge is 0.446 e. The predicted octanol–water partition coefficient (Wildman–Crippen LogP) is 9.37. The summed E-state index contributed by atoms with van der Waals surface area (Å²) >= 11 is 0. The third-order valence-electron chi connectivity index (χ3n) is 10.0. The van der Waals surface area contributed by atoms with Gasteiger partial charge in [-0.1, -0.05) is 98.2 Å². The van der Waals surface area contributed by atoms with Crippen molar-refractivity contribution in [3.63, 3.8) is 0 Å². The van der Waals surface area contributed by atoms with Gasteiger partial charge in [-0.15, -0.1) is 6.58 Å². The Hall–Kier alpha value is -2.14. The van der Waals surface area contributed by atoms with E-state index in [1.165, 1.54) is 5.56 Å². The first kappa shape index (κ1) is 31.4. The van der Waals surface area contributed by atoms with Gasteiger partial charge in [-0.05, 0) is 64.9 Å². The number of carbonyl (C=O) groups is 2. The average Bonchev–Trinajstić information content (AvgIpc) is 2.88. The zero-order valence-corrected chi connectivity index (χ0v) is 26.8. The Morgan fingerprint density at radius 1 is 1.05 bits per heavy atom. The summed E-state index contributed by atoms with van der Waals surface area (Å²) in [4.78, 5) is 29.7. The monoisotopic (exact) mass is 551 g/mol. The number of hydrogen-bond acceptors (Lipinski definition) is 3. The molecule has 1 amide bonds. The lowest BCUT2D eigenvalue weighted by Gasteiger charge is -2.47. The first-order valence-corrected chi connectivity index (χ1v) is 17.5. The van der Waals surface area contributed by atoms with Crippen molar-refractivity contribution in [1.82, 2.24) is 4.90 Å². The molecule has 216 valence electrons. The molecule has 0 bridgehead atoms. The first-order valence-electron chi connectivity index (χ1n) is 15.3. The van der Waals surface area contributed by atoms with Gasteiger partial charge >= 0.3 is 6.09 Å². The van der Waals surface area contributed by atoms with Gasteiger partial charge in [0, 0.05) is 24.6 Å². The topological polar surface area (TPSA) is 46.6 Å². The summed E-state index contributed by atoms with van der Waals surface area (Å²) in [5, 5.41) is 0.930. The van der Waals surface area contributed by atoms with E-state index in [0.717, 1.165) is 43.7 Å². The fourth-order valence-electron chi connectivity index (χ4n) is 8.11. The third kappa shape index (κ3) is 6.29. The summed E-state index contributed by atoms with van der Waals surface area (Å²) in [6, 6.07) is 10.4. The highest BCUT2D eigenvalue weighted by atomic mass is 28.3. The lowest BCUT2D eigenvalue weighted by atomic mass is 9.66. The summed E-state index contributed by atoms with van der Waals surface area (Å²) in [6.45, 7) is 22.1. The second-order valence-electron chi connectivity index (χ2n) is 13.4. The predicted molar refractivity (Wildman–Crippen MR) is 166 cm³/mol. The molecule has 2 aliphatic rings. The Bertz CT molecular complexity index is 1000. The van der Waals surface area contributed by atoms with Crippen LogP contribution < -0.4 is 0 Å². The van der Waals surface area contributed by atoms with Crippen LogP contribution in [0.3, 0.4) is 0 Å². The van der Waals surface area contributed by atoms with Gasteiger partial charge in [0.1, 0.15) is 14.2 Å². The minimum Gasteiger partial charge on any atom is -0.446 e. The highest BCUT2D eigenvalue weighted by molar-refractivity contribution is 6.93. The lowest BCUT2D eigenvalue weighted by Crippen LogP contribution is -2.54. The Labute approximate surface area is 239 Å². The molecule has 0 radical (unpaired) electrons. The molecule has 0 saturated heterocycles. The van der Waals surface area contributed by atoms with Crippen LogP contribution in [0.2, 0.25) is 16.6 Å². The van der Waals surface area contributed by atoms with Crippen LogP contribution in [-0.2, 0) is 14.9 Å². The van der Waals surface area contributed by atoms with E-state index in [1.54, 1.807) is 0 Å². The van der Waals surface area contributed by atoms with Crippen LogP contribution in [0.15, 0.2) is 54.4 Å². The number of ketones is 1. The highest BCUT2D eigenvalue weighted by Gasteiger charge is 2.51. The number of benzene rings is 1. The van der Waals surface area contributed by atoms with E-state index in [-0.39, 0.29) is 35.4 Å². The molecule has 4 nitrogen and oxygen atoms in total. The van der Waals surface area contributed by atoms with Crippen molar-refractivity contribution in [2.75, 3.05) is 0 Å². The first-order chi connectivity index (χ1) is 18.4. The standard InChI is InChI=1S/C34H53NO3Si/c1-10-11-19-28-22-30(36)32(39(24(2)3,25(4)5)26(6)7)23-35(28)33(37)38-31-21-16-15-20-29(31)34(8,9)27-17-13-12-14-18-27/h10,12-14,17-18,23-26,28-29,31H,1,11,15-16,19-22H2,2-9H3/t28-,29-,31-/m0/s1. The molecule has 3 atom stereocenters. The number of Topliss-reactive ketones (excluding diaryl/α,β-unsaturated/α-hetero) is 1.